The van der Waals surface area contributed by atoms with E-state index in [0.717, 1.165) is 11.1 Å². The van der Waals surface area contributed by atoms with Gasteiger partial charge in [0.2, 0.25) is 0 Å². The summed E-state index contributed by atoms with van der Waals surface area (Å²) in [5, 5.41) is 11.9. The van der Waals surface area contributed by atoms with E-state index in [1.165, 1.54) is 6.92 Å². The van der Waals surface area contributed by atoms with Gasteiger partial charge in [0.05, 0.1) is 5.56 Å². The Labute approximate surface area is 167 Å². The number of benzene rings is 3. The third-order valence-corrected chi connectivity index (χ3v) is 4.23. The molecule has 0 aliphatic rings. The molecule has 146 valence electrons. The Morgan fingerprint density at radius 2 is 1.31 bits per heavy atom. The second kappa shape index (κ2) is 8.84. The third-order valence-electron chi connectivity index (χ3n) is 4.23. The van der Waals surface area contributed by atoms with Gasteiger partial charge in [0.1, 0.15) is 5.75 Å². The zero-order valence-electron chi connectivity index (χ0n) is 15.7. The van der Waals surface area contributed by atoms with Crippen molar-refractivity contribution in [2.75, 3.05) is 11.9 Å². The SMILES string of the molecule is CC(=O)c1ccc(NC(=O)COC(=O)c2ccc(-c3ccc(O)cc3)cc2)cc1. The van der Waals surface area contributed by atoms with Crippen molar-refractivity contribution in [3.63, 3.8) is 0 Å². The number of hydrogen-bond donors (Lipinski definition) is 2. The summed E-state index contributed by atoms with van der Waals surface area (Å²) in [5.74, 6) is -0.964. The van der Waals surface area contributed by atoms with Crippen molar-refractivity contribution in [1.29, 1.82) is 0 Å². The highest BCUT2D eigenvalue weighted by Crippen LogP contribution is 2.22. The Morgan fingerprint density at radius 1 is 0.793 bits per heavy atom. The fourth-order valence-corrected chi connectivity index (χ4v) is 2.65. The average molecular weight is 389 g/mol. The molecule has 29 heavy (non-hydrogen) atoms. The number of ketones is 1. The second-order valence-corrected chi connectivity index (χ2v) is 6.38. The fraction of sp³-hybridized carbons (Fsp3) is 0.0870. The van der Waals surface area contributed by atoms with E-state index in [4.69, 9.17) is 4.74 Å². The van der Waals surface area contributed by atoms with Crippen molar-refractivity contribution in [1.82, 2.24) is 0 Å². The first-order valence-corrected chi connectivity index (χ1v) is 8.90. The van der Waals surface area contributed by atoms with Gasteiger partial charge in [0.25, 0.3) is 5.91 Å². The fourth-order valence-electron chi connectivity index (χ4n) is 2.65. The number of carbonyl (C=O) groups excluding carboxylic acids is 3. The molecule has 0 saturated carbocycles. The minimum atomic E-state index is -0.607. The summed E-state index contributed by atoms with van der Waals surface area (Å²) in [7, 11) is 0. The van der Waals surface area contributed by atoms with Crippen molar-refractivity contribution in [3.05, 3.63) is 83.9 Å². The summed E-state index contributed by atoms with van der Waals surface area (Å²) >= 11 is 0. The first kappa shape index (κ1) is 19.8. The van der Waals surface area contributed by atoms with Crippen LogP contribution in [0, 0.1) is 0 Å². The van der Waals surface area contributed by atoms with Crippen LogP contribution in [0.25, 0.3) is 11.1 Å². The van der Waals surface area contributed by atoms with Gasteiger partial charge in [-0.25, -0.2) is 4.79 Å². The molecular weight excluding hydrogens is 370 g/mol. The number of rotatable bonds is 6. The van der Waals surface area contributed by atoms with Gasteiger partial charge in [0.15, 0.2) is 12.4 Å². The Morgan fingerprint density at radius 3 is 1.86 bits per heavy atom. The molecule has 0 radical (unpaired) electrons. The first-order chi connectivity index (χ1) is 13.9. The molecular formula is C23H19NO5. The van der Waals surface area contributed by atoms with Gasteiger partial charge >= 0.3 is 5.97 Å². The highest BCUT2D eigenvalue weighted by atomic mass is 16.5. The molecule has 2 N–H and O–H groups in total. The Balaban J connectivity index is 1.54. The maximum Gasteiger partial charge on any atom is 0.338 e. The normalized spacial score (nSPS) is 10.2. The summed E-state index contributed by atoms with van der Waals surface area (Å²) < 4.78 is 5.05. The van der Waals surface area contributed by atoms with E-state index >= 15 is 0 Å². The monoisotopic (exact) mass is 389 g/mol. The number of aromatic hydroxyl groups is 1. The number of anilines is 1. The molecule has 0 heterocycles. The van der Waals surface area contributed by atoms with Crippen LogP contribution in [0.15, 0.2) is 72.8 Å². The topological polar surface area (TPSA) is 92.7 Å². The summed E-state index contributed by atoms with van der Waals surface area (Å²) in [5.41, 5.74) is 3.16. The molecule has 0 unspecified atom stereocenters. The van der Waals surface area contributed by atoms with E-state index in [2.05, 4.69) is 5.32 Å². The molecule has 3 rings (SSSR count). The number of nitrogens with one attached hydrogen (secondary N) is 1. The number of carbonyl (C=O) groups is 3. The minimum absolute atomic E-state index is 0.0618. The molecule has 3 aromatic carbocycles. The number of phenols is 1. The quantitative estimate of drug-likeness (QED) is 0.490. The van der Waals surface area contributed by atoms with Crippen LogP contribution >= 0.6 is 0 Å². The smallest absolute Gasteiger partial charge is 0.338 e. The van der Waals surface area contributed by atoms with Crippen LogP contribution in [0.5, 0.6) is 5.75 Å². The Bertz CT molecular complexity index is 1020. The molecule has 0 spiro atoms. The molecule has 0 fully saturated rings. The summed E-state index contributed by atoms with van der Waals surface area (Å²) in [6.45, 7) is 1.04. The maximum atomic E-state index is 12.1. The van der Waals surface area contributed by atoms with Crippen LogP contribution in [0.3, 0.4) is 0 Å². The van der Waals surface area contributed by atoms with Gasteiger partial charge in [-0.15, -0.1) is 0 Å². The lowest BCUT2D eigenvalue weighted by Gasteiger charge is -2.08. The summed E-state index contributed by atoms with van der Waals surface area (Å²) in [6.07, 6.45) is 0. The Hall–Kier alpha value is -3.93. The van der Waals surface area contributed by atoms with E-state index in [0.29, 0.717) is 16.8 Å². The van der Waals surface area contributed by atoms with Crippen molar-refractivity contribution in [2.24, 2.45) is 0 Å². The molecule has 0 atom stereocenters. The zero-order chi connectivity index (χ0) is 20.8. The Kier molecular flexibility index (Phi) is 6.04. The molecule has 0 bridgehead atoms. The lowest BCUT2D eigenvalue weighted by Crippen LogP contribution is -2.20. The van der Waals surface area contributed by atoms with Crippen molar-refractivity contribution in [3.8, 4) is 16.9 Å². The molecule has 6 heteroatoms. The van der Waals surface area contributed by atoms with Gasteiger partial charge in [0, 0.05) is 11.3 Å². The first-order valence-electron chi connectivity index (χ1n) is 8.90. The molecule has 0 aliphatic carbocycles. The molecule has 0 aliphatic heterocycles. The van der Waals surface area contributed by atoms with E-state index in [9.17, 15) is 19.5 Å². The standard InChI is InChI=1S/C23H19NO5/c1-15(25)16-6-10-20(11-7-16)24-22(27)14-29-23(28)19-4-2-17(3-5-19)18-8-12-21(26)13-9-18/h2-13,26H,14H2,1H3,(H,24,27). The summed E-state index contributed by atoms with van der Waals surface area (Å²) in [6, 6.07) is 19.9. The largest absolute Gasteiger partial charge is 0.508 e. The van der Waals surface area contributed by atoms with Gasteiger partial charge in [-0.1, -0.05) is 24.3 Å². The van der Waals surface area contributed by atoms with Crippen LogP contribution in [0.2, 0.25) is 0 Å². The molecule has 0 aromatic heterocycles. The maximum absolute atomic E-state index is 12.1. The van der Waals surface area contributed by atoms with Crippen LogP contribution in [0.1, 0.15) is 27.6 Å². The number of phenolic OH excluding ortho intramolecular Hbond substituents is 1. The minimum Gasteiger partial charge on any atom is -0.508 e. The lowest BCUT2D eigenvalue weighted by atomic mass is 10.0. The van der Waals surface area contributed by atoms with E-state index in [1.807, 2.05) is 0 Å². The number of hydrogen-bond acceptors (Lipinski definition) is 5. The third kappa shape index (κ3) is 5.29. The number of Topliss-reactive ketones (excluding diaryl/α,β-unsaturated/α-hetero) is 1. The molecule has 3 aromatic rings. The van der Waals surface area contributed by atoms with Gasteiger partial charge < -0.3 is 15.2 Å². The van der Waals surface area contributed by atoms with Crippen molar-refractivity contribution in [2.45, 2.75) is 6.92 Å². The second-order valence-electron chi connectivity index (χ2n) is 6.38. The molecule has 1 amide bonds. The van der Waals surface area contributed by atoms with Gasteiger partial charge in [-0.05, 0) is 66.6 Å². The predicted octanol–water partition coefficient (Wildman–Crippen LogP) is 4.06. The number of esters is 1. The van der Waals surface area contributed by atoms with Crippen LogP contribution in [-0.4, -0.2) is 29.4 Å². The lowest BCUT2D eigenvalue weighted by molar-refractivity contribution is -0.119. The number of amides is 1. The highest BCUT2D eigenvalue weighted by molar-refractivity contribution is 5.97. The van der Waals surface area contributed by atoms with Crippen molar-refractivity contribution >= 4 is 23.3 Å². The van der Waals surface area contributed by atoms with Gasteiger partial charge in [-0.3, -0.25) is 9.59 Å². The van der Waals surface area contributed by atoms with Crippen molar-refractivity contribution < 1.29 is 24.2 Å². The summed E-state index contributed by atoms with van der Waals surface area (Å²) in [4.78, 5) is 35.4. The molecule has 6 nitrogen and oxygen atoms in total. The van der Waals surface area contributed by atoms with E-state index in [-0.39, 0.29) is 11.5 Å². The highest BCUT2D eigenvalue weighted by Gasteiger charge is 2.11. The predicted molar refractivity (Wildman–Crippen MR) is 109 cm³/mol. The molecule has 0 saturated heterocycles. The number of ether oxygens (including phenoxy) is 1. The van der Waals surface area contributed by atoms with E-state index < -0.39 is 18.5 Å². The zero-order valence-corrected chi connectivity index (χ0v) is 15.7. The van der Waals surface area contributed by atoms with Crippen LogP contribution in [-0.2, 0) is 9.53 Å². The average Bonchev–Trinajstić information content (AvgIpc) is 2.73. The van der Waals surface area contributed by atoms with Crippen LogP contribution in [0.4, 0.5) is 5.69 Å². The van der Waals surface area contributed by atoms with E-state index in [1.54, 1.807) is 72.8 Å². The van der Waals surface area contributed by atoms with Gasteiger partial charge in [-0.2, -0.15) is 0 Å². The van der Waals surface area contributed by atoms with Crippen LogP contribution < -0.4 is 5.32 Å².